The number of carbonyl (C=O) groups is 2. The molecule has 2 aromatic rings. The number of rotatable bonds is 7. The van der Waals surface area contributed by atoms with Gasteiger partial charge < -0.3 is 14.8 Å². The lowest BCUT2D eigenvalue weighted by Gasteiger charge is -2.37. The summed E-state index contributed by atoms with van der Waals surface area (Å²) in [5, 5.41) is 11.6. The Bertz CT molecular complexity index is 1440. The quantitative estimate of drug-likeness (QED) is 0.585. The fourth-order valence-electron chi connectivity index (χ4n) is 4.41. The molecule has 0 bridgehead atoms. The third-order valence-corrected chi connectivity index (χ3v) is 10.1. The van der Waals surface area contributed by atoms with Crippen LogP contribution in [0.3, 0.4) is 0 Å². The highest BCUT2D eigenvalue weighted by Crippen LogP contribution is 2.47. The smallest absolute Gasteiger partial charge is 0.270 e. The Hall–Kier alpha value is -3.49. The van der Waals surface area contributed by atoms with E-state index in [-0.39, 0.29) is 37.4 Å². The highest BCUT2D eigenvalue weighted by molar-refractivity contribution is 7.90. The number of hydrogen-bond acceptors (Lipinski definition) is 6. The number of pyridine rings is 1. The van der Waals surface area contributed by atoms with Crippen LogP contribution in [0.15, 0.2) is 41.2 Å². The second kappa shape index (κ2) is 9.43. The summed E-state index contributed by atoms with van der Waals surface area (Å²) >= 11 is 0. The monoisotopic (exact) mass is 525 g/mol. The molecule has 2 aliphatic rings. The van der Waals surface area contributed by atoms with Gasteiger partial charge in [-0.1, -0.05) is 12.1 Å². The lowest BCUT2D eigenvalue weighted by atomic mass is 10.1. The lowest BCUT2D eigenvalue weighted by Crippen LogP contribution is -2.54. The van der Waals surface area contributed by atoms with Crippen LogP contribution in [-0.2, 0) is 23.1 Å². The second-order valence-electron chi connectivity index (χ2n) is 10.6. The van der Waals surface area contributed by atoms with Gasteiger partial charge in [0.2, 0.25) is 10.0 Å². The molecule has 37 heavy (non-hydrogen) atoms. The molecule has 0 atom stereocenters. The number of nitriles is 1. The van der Waals surface area contributed by atoms with Crippen molar-refractivity contribution in [3.63, 3.8) is 0 Å². The molecule has 11 heteroatoms. The molecule has 0 saturated heterocycles. The van der Waals surface area contributed by atoms with E-state index in [2.05, 4.69) is 5.32 Å². The number of carbonyl (C=O) groups excluding carboxylic acids is 2. The molecule has 1 aliphatic carbocycles. The van der Waals surface area contributed by atoms with Crippen molar-refractivity contribution in [3.05, 3.63) is 69.1 Å². The summed E-state index contributed by atoms with van der Waals surface area (Å²) in [6.07, 6.45) is 0.954. The standard InChI is InChI=1S/C26H31N5O5S/c1-25(2,3)29(4)37(35,36)26(11-12-26)17-30-13-14-31-21(24(30)34)10-9-20(23(31)33)22(32)28-16-19-7-5-18(15-27)6-8-19/h5-10H,11-14,16-17H2,1-4H3,(H,28,32). The van der Waals surface area contributed by atoms with Crippen molar-refractivity contribution in [1.82, 2.24) is 19.1 Å². The Morgan fingerprint density at radius 3 is 2.32 bits per heavy atom. The number of sulfonamides is 1. The van der Waals surface area contributed by atoms with Crippen LogP contribution < -0.4 is 10.9 Å². The zero-order valence-electron chi connectivity index (χ0n) is 21.4. The molecule has 1 N–H and O–H groups in total. The molecule has 0 spiro atoms. The molecule has 0 unspecified atom stereocenters. The summed E-state index contributed by atoms with van der Waals surface area (Å²) in [4.78, 5) is 40.5. The Labute approximate surface area is 216 Å². The van der Waals surface area contributed by atoms with Gasteiger partial charge in [-0.2, -0.15) is 9.57 Å². The van der Waals surface area contributed by atoms with Gasteiger partial charge in [0.1, 0.15) is 16.0 Å². The summed E-state index contributed by atoms with van der Waals surface area (Å²) in [5.41, 5.74) is 0.190. The van der Waals surface area contributed by atoms with E-state index in [1.807, 2.05) is 26.8 Å². The molecule has 196 valence electrons. The largest absolute Gasteiger partial charge is 0.348 e. The van der Waals surface area contributed by atoms with E-state index in [1.165, 1.54) is 25.9 Å². The lowest BCUT2D eigenvalue weighted by molar-refractivity contribution is 0.0693. The number of benzene rings is 1. The van der Waals surface area contributed by atoms with Crippen molar-refractivity contribution in [3.8, 4) is 6.07 Å². The van der Waals surface area contributed by atoms with Crippen LogP contribution in [-0.4, -0.2) is 64.4 Å². The minimum absolute atomic E-state index is 0.0651. The summed E-state index contributed by atoms with van der Waals surface area (Å²) in [5.74, 6) is -0.986. The topological polar surface area (TPSA) is 133 Å². The van der Waals surface area contributed by atoms with Crippen molar-refractivity contribution in [1.29, 1.82) is 5.26 Å². The molecule has 4 rings (SSSR count). The van der Waals surface area contributed by atoms with Crippen molar-refractivity contribution >= 4 is 21.8 Å². The maximum absolute atomic E-state index is 13.3. The van der Waals surface area contributed by atoms with Gasteiger partial charge in [-0.05, 0) is 63.4 Å². The maximum Gasteiger partial charge on any atom is 0.270 e. The number of aromatic nitrogens is 1. The number of nitrogens with zero attached hydrogens (tertiary/aromatic N) is 4. The SMILES string of the molecule is CN(C(C)(C)C)S(=O)(=O)C1(CN2CCn3c(ccc(C(=O)NCc4ccc(C#N)cc4)c3=O)C2=O)CC1. The molecular formula is C26H31N5O5S. The van der Waals surface area contributed by atoms with E-state index in [4.69, 9.17) is 5.26 Å². The minimum atomic E-state index is -3.64. The average Bonchev–Trinajstić information content (AvgIpc) is 3.65. The van der Waals surface area contributed by atoms with E-state index < -0.39 is 37.7 Å². The molecule has 1 aromatic carbocycles. The summed E-state index contributed by atoms with van der Waals surface area (Å²) < 4.78 is 28.3. The molecular weight excluding hydrogens is 494 g/mol. The number of fused-ring (bicyclic) bond motifs is 1. The first-order valence-electron chi connectivity index (χ1n) is 12.1. The molecule has 0 radical (unpaired) electrons. The number of hydrogen-bond donors (Lipinski definition) is 1. The van der Waals surface area contributed by atoms with E-state index in [0.29, 0.717) is 18.4 Å². The van der Waals surface area contributed by atoms with Crippen LogP contribution in [0.2, 0.25) is 0 Å². The maximum atomic E-state index is 13.3. The molecule has 1 fully saturated rings. The van der Waals surface area contributed by atoms with Crippen LogP contribution in [0.5, 0.6) is 0 Å². The van der Waals surface area contributed by atoms with Crippen molar-refractivity contribution < 1.29 is 18.0 Å². The Kier molecular flexibility index (Phi) is 6.77. The predicted molar refractivity (Wildman–Crippen MR) is 137 cm³/mol. The van der Waals surface area contributed by atoms with Gasteiger partial charge in [-0.25, -0.2) is 8.42 Å². The van der Waals surface area contributed by atoms with Gasteiger partial charge >= 0.3 is 0 Å². The highest BCUT2D eigenvalue weighted by Gasteiger charge is 2.59. The van der Waals surface area contributed by atoms with Gasteiger partial charge in [0.25, 0.3) is 17.4 Å². The van der Waals surface area contributed by atoms with Crippen LogP contribution >= 0.6 is 0 Å². The van der Waals surface area contributed by atoms with E-state index in [0.717, 1.165) is 5.56 Å². The fourth-order valence-corrected chi connectivity index (χ4v) is 6.64. The second-order valence-corrected chi connectivity index (χ2v) is 13.0. The number of nitrogens with one attached hydrogen (secondary N) is 1. The van der Waals surface area contributed by atoms with E-state index >= 15 is 0 Å². The third-order valence-electron chi connectivity index (χ3n) is 7.19. The summed E-state index contributed by atoms with van der Waals surface area (Å²) in [6.45, 7) is 6.07. The molecule has 1 aromatic heterocycles. The van der Waals surface area contributed by atoms with Gasteiger partial charge in [0.15, 0.2) is 0 Å². The molecule has 1 aliphatic heterocycles. The zero-order chi connectivity index (χ0) is 27.2. The normalized spacial score (nSPS) is 16.8. The van der Waals surface area contributed by atoms with Gasteiger partial charge in [-0.15, -0.1) is 0 Å². The van der Waals surface area contributed by atoms with Crippen LogP contribution in [0.25, 0.3) is 0 Å². The molecule has 10 nitrogen and oxygen atoms in total. The fraction of sp³-hybridized carbons (Fsp3) is 0.462. The number of amides is 2. The van der Waals surface area contributed by atoms with Crippen LogP contribution in [0.4, 0.5) is 0 Å². The summed E-state index contributed by atoms with van der Waals surface area (Å²) in [6, 6.07) is 11.5. The van der Waals surface area contributed by atoms with Crippen molar-refractivity contribution in [2.45, 2.75) is 57.0 Å². The first kappa shape index (κ1) is 26.6. The first-order valence-corrected chi connectivity index (χ1v) is 13.5. The highest BCUT2D eigenvalue weighted by atomic mass is 32.2. The molecule has 1 saturated carbocycles. The minimum Gasteiger partial charge on any atom is -0.348 e. The van der Waals surface area contributed by atoms with Crippen molar-refractivity contribution in [2.75, 3.05) is 20.1 Å². The Morgan fingerprint density at radius 2 is 1.76 bits per heavy atom. The zero-order valence-corrected chi connectivity index (χ0v) is 22.3. The average molecular weight is 526 g/mol. The van der Waals surface area contributed by atoms with E-state index in [9.17, 15) is 22.8 Å². The summed E-state index contributed by atoms with van der Waals surface area (Å²) in [7, 11) is -2.08. The van der Waals surface area contributed by atoms with Gasteiger partial charge in [0.05, 0.1) is 11.6 Å². The predicted octanol–water partition coefficient (Wildman–Crippen LogP) is 1.70. The Morgan fingerprint density at radius 1 is 1.11 bits per heavy atom. The molecule has 2 heterocycles. The Balaban J connectivity index is 1.48. The van der Waals surface area contributed by atoms with Gasteiger partial charge in [-0.3, -0.25) is 14.4 Å². The van der Waals surface area contributed by atoms with Crippen LogP contribution in [0.1, 0.15) is 65.6 Å². The molecule has 2 amide bonds. The first-order chi connectivity index (χ1) is 17.3. The van der Waals surface area contributed by atoms with E-state index in [1.54, 1.807) is 31.3 Å². The third kappa shape index (κ3) is 4.91. The van der Waals surface area contributed by atoms with Gasteiger partial charge in [0, 0.05) is 38.8 Å². The van der Waals surface area contributed by atoms with Crippen molar-refractivity contribution in [2.24, 2.45) is 0 Å². The van der Waals surface area contributed by atoms with Crippen LogP contribution in [0, 0.1) is 11.3 Å².